The molecule has 19 heavy (non-hydrogen) atoms. The molecule has 0 aromatic carbocycles. The second kappa shape index (κ2) is 6.10. The van der Waals surface area contributed by atoms with Crippen molar-refractivity contribution in [3.63, 3.8) is 0 Å². The zero-order valence-electron chi connectivity index (χ0n) is 12.9. The molecule has 3 heteroatoms. The van der Waals surface area contributed by atoms with Crippen LogP contribution in [0.5, 0.6) is 0 Å². The minimum absolute atomic E-state index is 0.411. The second-order valence-corrected chi connectivity index (χ2v) is 6.17. The Morgan fingerprint density at radius 2 is 2.00 bits per heavy atom. The predicted molar refractivity (Wildman–Crippen MR) is 79.4 cm³/mol. The molecule has 1 saturated heterocycles. The number of rotatable bonds is 5. The van der Waals surface area contributed by atoms with E-state index in [1.165, 1.54) is 29.8 Å². The summed E-state index contributed by atoms with van der Waals surface area (Å²) in [5, 5.41) is 3.65. The first-order chi connectivity index (χ1) is 9.06. The quantitative estimate of drug-likeness (QED) is 0.884. The molecule has 0 amide bonds. The van der Waals surface area contributed by atoms with Gasteiger partial charge in [0, 0.05) is 44.2 Å². The molecule has 1 fully saturated rings. The summed E-state index contributed by atoms with van der Waals surface area (Å²) in [5.74, 6) is 0. The summed E-state index contributed by atoms with van der Waals surface area (Å²) in [5.41, 5.74) is 4.63. The van der Waals surface area contributed by atoms with Crippen LogP contribution in [0.25, 0.3) is 0 Å². The van der Waals surface area contributed by atoms with Gasteiger partial charge in [-0.1, -0.05) is 6.92 Å². The maximum Gasteiger partial charge on any atom is 0.0471 e. The van der Waals surface area contributed by atoms with Gasteiger partial charge in [0.25, 0.3) is 0 Å². The first kappa shape index (κ1) is 14.6. The SMILES string of the molecule is CCn1c(C)cc(CNCC2(C)CCOCC2)c1C. The molecule has 1 aliphatic heterocycles. The molecule has 3 nitrogen and oxygen atoms in total. The molecule has 1 N–H and O–H groups in total. The van der Waals surface area contributed by atoms with Gasteiger partial charge in [-0.15, -0.1) is 0 Å². The molecule has 1 aliphatic rings. The van der Waals surface area contributed by atoms with Crippen molar-refractivity contribution < 1.29 is 4.74 Å². The summed E-state index contributed by atoms with van der Waals surface area (Å²) in [6.07, 6.45) is 2.35. The van der Waals surface area contributed by atoms with E-state index in [1.807, 2.05) is 0 Å². The summed E-state index contributed by atoms with van der Waals surface area (Å²) < 4.78 is 7.83. The van der Waals surface area contributed by atoms with E-state index in [0.29, 0.717) is 5.41 Å². The fourth-order valence-electron chi connectivity index (χ4n) is 3.08. The molecule has 2 rings (SSSR count). The van der Waals surface area contributed by atoms with Crippen molar-refractivity contribution in [2.45, 2.75) is 53.6 Å². The van der Waals surface area contributed by atoms with E-state index in [-0.39, 0.29) is 0 Å². The van der Waals surface area contributed by atoms with Crippen LogP contribution in [-0.2, 0) is 17.8 Å². The van der Waals surface area contributed by atoms with Crippen molar-refractivity contribution in [2.75, 3.05) is 19.8 Å². The maximum atomic E-state index is 5.45. The summed E-state index contributed by atoms with van der Waals surface area (Å²) >= 11 is 0. The van der Waals surface area contributed by atoms with E-state index in [4.69, 9.17) is 4.74 Å². The topological polar surface area (TPSA) is 26.2 Å². The molecule has 0 saturated carbocycles. The van der Waals surface area contributed by atoms with E-state index >= 15 is 0 Å². The zero-order valence-corrected chi connectivity index (χ0v) is 12.9. The van der Waals surface area contributed by atoms with Crippen LogP contribution in [0.3, 0.4) is 0 Å². The van der Waals surface area contributed by atoms with Crippen molar-refractivity contribution in [3.05, 3.63) is 23.0 Å². The summed E-state index contributed by atoms with van der Waals surface area (Å²) in [6, 6.07) is 2.32. The molecule has 0 bridgehead atoms. The molecule has 0 spiro atoms. The number of aromatic nitrogens is 1. The molecular weight excluding hydrogens is 236 g/mol. The first-order valence-corrected chi connectivity index (χ1v) is 7.50. The van der Waals surface area contributed by atoms with Gasteiger partial charge in [0.1, 0.15) is 0 Å². The van der Waals surface area contributed by atoms with Crippen LogP contribution >= 0.6 is 0 Å². The highest BCUT2D eigenvalue weighted by molar-refractivity contribution is 5.26. The normalized spacial score (nSPS) is 18.7. The lowest BCUT2D eigenvalue weighted by Gasteiger charge is -2.33. The molecule has 1 aromatic rings. The van der Waals surface area contributed by atoms with Crippen LogP contribution in [0.15, 0.2) is 6.07 Å². The van der Waals surface area contributed by atoms with Gasteiger partial charge in [-0.05, 0) is 50.7 Å². The number of aryl methyl sites for hydroxylation is 1. The van der Waals surface area contributed by atoms with Crippen molar-refractivity contribution in [1.82, 2.24) is 9.88 Å². The second-order valence-electron chi connectivity index (χ2n) is 6.17. The van der Waals surface area contributed by atoms with E-state index < -0.39 is 0 Å². The molecule has 0 unspecified atom stereocenters. The largest absolute Gasteiger partial charge is 0.381 e. The minimum atomic E-state index is 0.411. The lowest BCUT2D eigenvalue weighted by atomic mass is 9.82. The highest BCUT2D eigenvalue weighted by Crippen LogP contribution is 2.28. The summed E-state index contributed by atoms with van der Waals surface area (Å²) in [6.45, 7) is 14.0. The molecule has 0 atom stereocenters. The van der Waals surface area contributed by atoms with Crippen LogP contribution in [0.4, 0.5) is 0 Å². The third-order valence-corrected chi connectivity index (χ3v) is 4.56. The van der Waals surface area contributed by atoms with Gasteiger partial charge < -0.3 is 14.6 Å². The van der Waals surface area contributed by atoms with Crippen LogP contribution in [-0.4, -0.2) is 24.3 Å². The van der Waals surface area contributed by atoms with Crippen LogP contribution in [0.2, 0.25) is 0 Å². The first-order valence-electron chi connectivity index (χ1n) is 7.50. The predicted octanol–water partition coefficient (Wildman–Crippen LogP) is 3.03. The Labute approximate surface area is 117 Å². The van der Waals surface area contributed by atoms with Gasteiger partial charge in [-0.2, -0.15) is 0 Å². The Kier molecular flexibility index (Phi) is 4.69. The maximum absolute atomic E-state index is 5.45. The molecule has 108 valence electrons. The van der Waals surface area contributed by atoms with Crippen molar-refractivity contribution in [3.8, 4) is 0 Å². The zero-order chi connectivity index (χ0) is 13.9. The molecule has 2 heterocycles. The Morgan fingerprint density at radius 1 is 1.32 bits per heavy atom. The van der Waals surface area contributed by atoms with Gasteiger partial charge in [0.2, 0.25) is 0 Å². The third kappa shape index (κ3) is 3.40. The van der Waals surface area contributed by atoms with Gasteiger partial charge in [-0.25, -0.2) is 0 Å². The van der Waals surface area contributed by atoms with E-state index in [9.17, 15) is 0 Å². The smallest absolute Gasteiger partial charge is 0.0471 e. The van der Waals surface area contributed by atoms with Gasteiger partial charge >= 0.3 is 0 Å². The Morgan fingerprint density at radius 3 is 2.58 bits per heavy atom. The minimum Gasteiger partial charge on any atom is -0.381 e. The molecular formula is C16H28N2O. The average Bonchev–Trinajstić information content (AvgIpc) is 2.65. The lowest BCUT2D eigenvalue weighted by Crippen LogP contribution is -2.36. The van der Waals surface area contributed by atoms with Crippen molar-refractivity contribution in [2.24, 2.45) is 5.41 Å². The van der Waals surface area contributed by atoms with Crippen molar-refractivity contribution >= 4 is 0 Å². The van der Waals surface area contributed by atoms with E-state index in [1.54, 1.807) is 0 Å². The molecule has 0 radical (unpaired) electrons. The van der Waals surface area contributed by atoms with Crippen LogP contribution < -0.4 is 5.32 Å². The number of hydrogen-bond donors (Lipinski definition) is 1. The number of hydrogen-bond acceptors (Lipinski definition) is 2. The highest BCUT2D eigenvalue weighted by atomic mass is 16.5. The Balaban J connectivity index is 1.89. The molecule has 0 aliphatic carbocycles. The van der Waals surface area contributed by atoms with Gasteiger partial charge in [0.05, 0.1) is 0 Å². The average molecular weight is 264 g/mol. The fraction of sp³-hybridized carbons (Fsp3) is 0.750. The molecule has 1 aromatic heterocycles. The Hall–Kier alpha value is -0.800. The van der Waals surface area contributed by atoms with Crippen LogP contribution in [0, 0.1) is 19.3 Å². The van der Waals surface area contributed by atoms with Crippen LogP contribution in [0.1, 0.15) is 43.6 Å². The monoisotopic (exact) mass is 264 g/mol. The lowest BCUT2D eigenvalue weighted by molar-refractivity contribution is 0.0240. The van der Waals surface area contributed by atoms with E-state index in [2.05, 4.69) is 43.6 Å². The van der Waals surface area contributed by atoms with Crippen molar-refractivity contribution in [1.29, 1.82) is 0 Å². The summed E-state index contributed by atoms with van der Waals surface area (Å²) in [4.78, 5) is 0. The van der Waals surface area contributed by atoms with Gasteiger partial charge in [0.15, 0.2) is 0 Å². The third-order valence-electron chi connectivity index (χ3n) is 4.56. The van der Waals surface area contributed by atoms with Gasteiger partial charge in [-0.3, -0.25) is 0 Å². The fourth-order valence-corrected chi connectivity index (χ4v) is 3.08. The number of nitrogens with one attached hydrogen (secondary N) is 1. The standard InChI is InChI=1S/C16H28N2O/c1-5-18-13(2)10-15(14(18)3)11-17-12-16(4)6-8-19-9-7-16/h10,17H,5-9,11-12H2,1-4H3. The van der Waals surface area contributed by atoms with E-state index in [0.717, 1.165) is 32.8 Å². The highest BCUT2D eigenvalue weighted by Gasteiger charge is 2.26. The summed E-state index contributed by atoms with van der Waals surface area (Å²) in [7, 11) is 0. The number of ether oxygens (including phenoxy) is 1. The number of nitrogens with zero attached hydrogens (tertiary/aromatic N) is 1. The Bertz CT molecular complexity index is 417.